The van der Waals surface area contributed by atoms with Crippen molar-refractivity contribution < 1.29 is 14.3 Å². The van der Waals surface area contributed by atoms with Gasteiger partial charge in [-0.3, -0.25) is 4.79 Å². The molecule has 0 saturated heterocycles. The summed E-state index contributed by atoms with van der Waals surface area (Å²) in [6.07, 6.45) is 12.0. The van der Waals surface area contributed by atoms with Crippen LogP contribution in [0.1, 0.15) is 111 Å². The lowest BCUT2D eigenvalue weighted by molar-refractivity contribution is 0.0909. The Labute approximate surface area is 247 Å². The molecule has 6 nitrogen and oxygen atoms in total. The predicted molar refractivity (Wildman–Crippen MR) is 165 cm³/mol. The average molecular weight is 574 g/mol. The Kier molecular flexibility index (Phi) is 12.4. The maximum atomic E-state index is 14.0. The molecule has 40 heavy (non-hydrogen) atoms. The second-order valence-electron chi connectivity index (χ2n) is 12.0. The first-order chi connectivity index (χ1) is 19.1. The molecular weight excluding hydrogens is 522 g/mol. The topological polar surface area (TPSA) is 56.6 Å². The van der Waals surface area contributed by atoms with Gasteiger partial charge in [0.15, 0.2) is 5.78 Å². The van der Waals surface area contributed by atoms with Crippen molar-refractivity contribution in [2.45, 2.75) is 103 Å². The summed E-state index contributed by atoms with van der Waals surface area (Å²) in [5.41, 5.74) is 4.07. The van der Waals surface area contributed by atoms with Gasteiger partial charge in [-0.1, -0.05) is 31.9 Å². The van der Waals surface area contributed by atoms with E-state index in [-0.39, 0.29) is 11.7 Å². The molecule has 1 heterocycles. The number of methoxy groups -OCH3 is 2. The number of carbonyl (C=O) groups is 1. The fourth-order valence-electron chi connectivity index (χ4n) is 6.79. The van der Waals surface area contributed by atoms with Crippen molar-refractivity contribution in [1.29, 1.82) is 0 Å². The van der Waals surface area contributed by atoms with E-state index in [1.807, 2.05) is 13.1 Å². The fraction of sp³-hybridized carbons (Fsp3) is 0.697. The summed E-state index contributed by atoms with van der Waals surface area (Å²) in [5.74, 6) is 2.55. The standard InChI is InChI=1S/C33H52ClN3O3/c1-9-11-25(15-12-23-13-17-27(18-14-23)36(4)5)29-20-26(34)21-30(22(29)3)31(38)24(10-2)16-19-28-32(39-7)35-37(6)33(28)40-8/h20-21,23-25,27H,9-19H2,1-8H3. The molecule has 2 aromatic rings. The highest BCUT2D eigenvalue weighted by Gasteiger charge is 2.27. The Bertz CT molecular complexity index is 1100. The van der Waals surface area contributed by atoms with Crippen LogP contribution in [0, 0.1) is 18.8 Å². The Morgan fingerprint density at radius 2 is 1.80 bits per heavy atom. The van der Waals surface area contributed by atoms with E-state index in [4.69, 9.17) is 21.1 Å². The van der Waals surface area contributed by atoms with Crippen molar-refractivity contribution in [2.24, 2.45) is 18.9 Å². The number of Topliss-reactive ketones (excluding diaryl/α,β-unsaturated/α-hetero) is 1. The lowest BCUT2D eigenvalue weighted by Crippen LogP contribution is -2.32. The van der Waals surface area contributed by atoms with Gasteiger partial charge in [-0.05, 0) is 120 Å². The molecule has 224 valence electrons. The van der Waals surface area contributed by atoms with Gasteiger partial charge in [-0.25, -0.2) is 4.68 Å². The summed E-state index contributed by atoms with van der Waals surface area (Å²) in [6, 6.07) is 4.75. The van der Waals surface area contributed by atoms with E-state index in [1.165, 1.54) is 37.7 Å². The molecule has 3 rings (SSSR count). The van der Waals surface area contributed by atoms with Crippen molar-refractivity contribution in [3.8, 4) is 11.8 Å². The zero-order valence-electron chi connectivity index (χ0n) is 26.2. The number of hydrogen-bond donors (Lipinski definition) is 0. The minimum Gasteiger partial charge on any atom is -0.481 e. The number of carbonyl (C=O) groups excluding carboxylic acids is 1. The molecule has 0 spiro atoms. The quantitative estimate of drug-likeness (QED) is 0.202. The van der Waals surface area contributed by atoms with Gasteiger partial charge >= 0.3 is 0 Å². The molecule has 0 bridgehead atoms. The normalized spacial score (nSPS) is 19.1. The zero-order chi connectivity index (χ0) is 29.4. The Morgan fingerprint density at radius 1 is 1.10 bits per heavy atom. The van der Waals surface area contributed by atoms with E-state index in [0.29, 0.717) is 35.5 Å². The first kappa shape index (κ1) is 32.5. The lowest BCUT2D eigenvalue weighted by Gasteiger charge is -2.33. The molecule has 1 aliphatic rings. The molecule has 1 saturated carbocycles. The maximum Gasteiger partial charge on any atom is 0.239 e. The molecule has 7 heteroatoms. The second-order valence-corrected chi connectivity index (χ2v) is 12.4. The highest BCUT2D eigenvalue weighted by atomic mass is 35.5. The van der Waals surface area contributed by atoms with E-state index in [1.54, 1.807) is 18.9 Å². The van der Waals surface area contributed by atoms with Crippen LogP contribution in [0.15, 0.2) is 12.1 Å². The minimum atomic E-state index is -0.115. The van der Waals surface area contributed by atoms with E-state index in [0.717, 1.165) is 54.3 Å². The smallest absolute Gasteiger partial charge is 0.239 e. The third-order valence-corrected chi connectivity index (χ3v) is 9.49. The van der Waals surface area contributed by atoms with Crippen molar-refractivity contribution in [2.75, 3.05) is 28.3 Å². The number of benzene rings is 1. The summed E-state index contributed by atoms with van der Waals surface area (Å²) in [5, 5.41) is 5.08. The largest absolute Gasteiger partial charge is 0.481 e. The molecule has 0 amide bonds. The van der Waals surface area contributed by atoms with Gasteiger partial charge in [-0.2, -0.15) is 0 Å². The van der Waals surface area contributed by atoms with E-state index >= 15 is 0 Å². The Balaban J connectivity index is 1.77. The average Bonchev–Trinajstić information content (AvgIpc) is 3.26. The third kappa shape index (κ3) is 7.82. The number of ketones is 1. The van der Waals surface area contributed by atoms with Crippen molar-refractivity contribution in [3.05, 3.63) is 39.4 Å². The van der Waals surface area contributed by atoms with Crippen LogP contribution in [0.2, 0.25) is 5.02 Å². The van der Waals surface area contributed by atoms with Gasteiger partial charge in [0.2, 0.25) is 11.8 Å². The van der Waals surface area contributed by atoms with Crippen LogP contribution in [0.5, 0.6) is 11.8 Å². The highest BCUT2D eigenvalue weighted by molar-refractivity contribution is 6.31. The molecule has 1 aromatic carbocycles. The number of ether oxygens (including phenoxy) is 2. The summed E-state index contributed by atoms with van der Waals surface area (Å²) in [7, 11) is 9.51. The molecule has 1 aliphatic carbocycles. The predicted octanol–water partition coefficient (Wildman–Crippen LogP) is 8.03. The van der Waals surface area contributed by atoms with Crippen molar-refractivity contribution >= 4 is 17.4 Å². The summed E-state index contributed by atoms with van der Waals surface area (Å²) < 4.78 is 12.7. The molecule has 1 fully saturated rings. The third-order valence-electron chi connectivity index (χ3n) is 9.27. The number of halogens is 1. The van der Waals surface area contributed by atoms with Gasteiger partial charge in [0.05, 0.1) is 19.8 Å². The number of aromatic nitrogens is 2. The molecule has 0 radical (unpaired) electrons. The first-order valence-corrected chi connectivity index (χ1v) is 15.7. The van der Waals surface area contributed by atoms with Crippen LogP contribution in [-0.2, 0) is 13.5 Å². The fourth-order valence-corrected chi connectivity index (χ4v) is 7.02. The van der Waals surface area contributed by atoms with Gasteiger partial charge in [-0.15, -0.1) is 5.10 Å². The van der Waals surface area contributed by atoms with Crippen LogP contribution >= 0.6 is 11.6 Å². The molecule has 0 N–H and O–H groups in total. The summed E-state index contributed by atoms with van der Waals surface area (Å²) >= 11 is 6.71. The number of rotatable bonds is 15. The van der Waals surface area contributed by atoms with Crippen molar-refractivity contribution in [1.82, 2.24) is 14.7 Å². The van der Waals surface area contributed by atoms with E-state index in [9.17, 15) is 4.79 Å². The second kappa shape index (κ2) is 15.3. The van der Waals surface area contributed by atoms with Gasteiger partial charge < -0.3 is 14.4 Å². The number of hydrogen-bond acceptors (Lipinski definition) is 5. The van der Waals surface area contributed by atoms with Crippen LogP contribution in [0.3, 0.4) is 0 Å². The summed E-state index contributed by atoms with van der Waals surface area (Å²) in [4.78, 5) is 16.3. The minimum absolute atomic E-state index is 0.115. The van der Waals surface area contributed by atoms with Gasteiger partial charge in [0.1, 0.15) is 0 Å². The van der Waals surface area contributed by atoms with Crippen LogP contribution in [0.25, 0.3) is 0 Å². The van der Waals surface area contributed by atoms with Gasteiger partial charge in [0.25, 0.3) is 0 Å². The zero-order valence-corrected chi connectivity index (χ0v) is 26.9. The maximum absolute atomic E-state index is 14.0. The van der Waals surface area contributed by atoms with Crippen LogP contribution in [-0.4, -0.2) is 54.8 Å². The summed E-state index contributed by atoms with van der Waals surface area (Å²) in [6.45, 7) is 6.48. The highest BCUT2D eigenvalue weighted by Crippen LogP contribution is 2.38. The van der Waals surface area contributed by atoms with E-state index < -0.39 is 0 Å². The van der Waals surface area contributed by atoms with Crippen LogP contribution < -0.4 is 9.47 Å². The molecule has 2 unspecified atom stereocenters. The molecule has 1 aromatic heterocycles. The van der Waals surface area contributed by atoms with Gasteiger partial charge in [0, 0.05) is 29.6 Å². The SMILES string of the molecule is CCCC(CCC1CCC(N(C)C)CC1)c1cc(Cl)cc(C(=O)C(CC)CCc2c(OC)nn(C)c2OC)c1C. The first-order valence-electron chi connectivity index (χ1n) is 15.3. The number of aryl methyl sites for hydroxylation is 1. The molecule has 2 atom stereocenters. The van der Waals surface area contributed by atoms with E-state index in [2.05, 4.69) is 50.9 Å². The molecular formula is C33H52ClN3O3. The monoisotopic (exact) mass is 573 g/mol. The van der Waals surface area contributed by atoms with Crippen molar-refractivity contribution in [3.63, 3.8) is 0 Å². The molecule has 0 aliphatic heterocycles. The van der Waals surface area contributed by atoms with Crippen LogP contribution in [0.4, 0.5) is 0 Å². The number of nitrogens with zero attached hydrogens (tertiary/aromatic N) is 3. The lowest BCUT2D eigenvalue weighted by atomic mass is 9.78. The Morgan fingerprint density at radius 3 is 2.38 bits per heavy atom. The Hall–Kier alpha value is -2.05.